The molecule has 1 unspecified atom stereocenters. The maximum Gasteiger partial charge on any atom is 0.119 e. The zero-order valence-corrected chi connectivity index (χ0v) is 9.46. The van der Waals surface area contributed by atoms with Gasteiger partial charge in [-0.05, 0) is 23.8 Å². The quantitative estimate of drug-likeness (QED) is 0.743. The van der Waals surface area contributed by atoms with Crippen molar-refractivity contribution in [3.05, 3.63) is 53.6 Å². The van der Waals surface area contributed by atoms with Gasteiger partial charge in [-0.25, -0.2) is 0 Å². The summed E-state index contributed by atoms with van der Waals surface area (Å²) in [4.78, 5) is 0. The highest BCUT2D eigenvalue weighted by atomic mass is 16.3. The minimum atomic E-state index is -0.103. The Morgan fingerprint density at radius 2 is 1.47 bits per heavy atom. The molecule has 3 nitrogen and oxygen atoms in total. The zero-order valence-electron chi connectivity index (χ0n) is 9.46. The van der Waals surface area contributed by atoms with Crippen molar-refractivity contribution < 1.29 is 15.3 Å². The highest BCUT2D eigenvalue weighted by Crippen LogP contribution is 2.33. The van der Waals surface area contributed by atoms with Crippen LogP contribution in [0.3, 0.4) is 0 Å². The Balaban J connectivity index is 2.43. The van der Waals surface area contributed by atoms with Gasteiger partial charge in [-0.3, -0.25) is 0 Å². The van der Waals surface area contributed by atoms with Gasteiger partial charge in [0.1, 0.15) is 17.2 Å². The van der Waals surface area contributed by atoms with Crippen molar-refractivity contribution in [1.82, 2.24) is 0 Å². The smallest absolute Gasteiger partial charge is 0.119 e. The van der Waals surface area contributed by atoms with Crippen LogP contribution in [-0.2, 0) is 0 Å². The SMILES string of the molecule is CC(c1cc(O)cc(O)c1)c1ccccc1O. The number of benzene rings is 2. The van der Waals surface area contributed by atoms with E-state index in [1.807, 2.05) is 19.1 Å². The molecule has 0 radical (unpaired) electrons. The van der Waals surface area contributed by atoms with E-state index in [4.69, 9.17) is 0 Å². The molecule has 0 fully saturated rings. The van der Waals surface area contributed by atoms with Crippen LogP contribution in [0.2, 0.25) is 0 Å². The summed E-state index contributed by atoms with van der Waals surface area (Å²) in [7, 11) is 0. The molecule has 0 saturated carbocycles. The Kier molecular flexibility index (Phi) is 2.91. The lowest BCUT2D eigenvalue weighted by Gasteiger charge is -2.14. The molecule has 3 heteroatoms. The average molecular weight is 230 g/mol. The van der Waals surface area contributed by atoms with Crippen molar-refractivity contribution in [3.63, 3.8) is 0 Å². The Morgan fingerprint density at radius 1 is 0.882 bits per heavy atom. The second-order valence-electron chi connectivity index (χ2n) is 4.06. The highest BCUT2D eigenvalue weighted by Gasteiger charge is 2.13. The van der Waals surface area contributed by atoms with Crippen LogP contribution in [0.4, 0.5) is 0 Å². The monoisotopic (exact) mass is 230 g/mol. The zero-order chi connectivity index (χ0) is 12.4. The molecule has 0 bridgehead atoms. The standard InChI is InChI=1S/C14H14O3/c1-9(13-4-2-3-5-14(13)17)10-6-11(15)8-12(16)7-10/h2-9,15-17H,1H3. The fourth-order valence-electron chi connectivity index (χ4n) is 1.90. The van der Waals surface area contributed by atoms with Crippen molar-refractivity contribution in [2.75, 3.05) is 0 Å². The Bertz CT molecular complexity index is 514. The minimum Gasteiger partial charge on any atom is -0.508 e. The molecule has 2 aromatic rings. The van der Waals surface area contributed by atoms with E-state index < -0.39 is 0 Å². The Hall–Kier alpha value is -2.16. The first kappa shape index (κ1) is 11.3. The summed E-state index contributed by atoms with van der Waals surface area (Å²) in [5.41, 5.74) is 1.52. The highest BCUT2D eigenvalue weighted by molar-refractivity contribution is 5.45. The van der Waals surface area contributed by atoms with Crippen LogP contribution in [0.25, 0.3) is 0 Å². The predicted molar refractivity (Wildman–Crippen MR) is 65.4 cm³/mol. The van der Waals surface area contributed by atoms with Crippen molar-refractivity contribution in [2.45, 2.75) is 12.8 Å². The van der Waals surface area contributed by atoms with Crippen LogP contribution in [0.15, 0.2) is 42.5 Å². The summed E-state index contributed by atoms with van der Waals surface area (Å²) in [6, 6.07) is 11.5. The molecule has 0 aliphatic carbocycles. The molecule has 3 N–H and O–H groups in total. The van der Waals surface area contributed by atoms with Gasteiger partial charge in [0.15, 0.2) is 0 Å². The van der Waals surface area contributed by atoms with Gasteiger partial charge in [0.05, 0.1) is 0 Å². The van der Waals surface area contributed by atoms with Crippen molar-refractivity contribution in [1.29, 1.82) is 0 Å². The number of phenols is 3. The molecule has 88 valence electrons. The average Bonchev–Trinajstić information content (AvgIpc) is 2.27. The molecule has 2 aromatic carbocycles. The lowest BCUT2D eigenvalue weighted by Crippen LogP contribution is -1.96. The van der Waals surface area contributed by atoms with E-state index in [0.29, 0.717) is 0 Å². The predicted octanol–water partition coefficient (Wildman–Crippen LogP) is 2.96. The second-order valence-corrected chi connectivity index (χ2v) is 4.06. The first-order valence-corrected chi connectivity index (χ1v) is 5.38. The van der Waals surface area contributed by atoms with Gasteiger partial charge in [0.25, 0.3) is 0 Å². The van der Waals surface area contributed by atoms with Gasteiger partial charge in [0.2, 0.25) is 0 Å². The van der Waals surface area contributed by atoms with E-state index in [9.17, 15) is 15.3 Å². The summed E-state index contributed by atoms with van der Waals surface area (Å²) in [5.74, 6) is 0.140. The number of hydrogen-bond acceptors (Lipinski definition) is 3. The first-order valence-electron chi connectivity index (χ1n) is 5.38. The fourth-order valence-corrected chi connectivity index (χ4v) is 1.90. The third kappa shape index (κ3) is 2.33. The summed E-state index contributed by atoms with van der Waals surface area (Å²) in [5, 5.41) is 28.6. The summed E-state index contributed by atoms with van der Waals surface area (Å²) in [6.07, 6.45) is 0. The largest absolute Gasteiger partial charge is 0.508 e. The normalized spacial score (nSPS) is 12.3. The molecule has 0 amide bonds. The van der Waals surface area contributed by atoms with E-state index in [0.717, 1.165) is 11.1 Å². The van der Waals surface area contributed by atoms with E-state index in [-0.39, 0.29) is 23.2 Å². The maximum atomic E-state index is 9.76. The van der Waals surface area contributed by atoms with Crippen LogP contribution in [-0.4, -0.2) is 15.3 Å². The van der Waals surface area contributed by atoms with Gasteiger partial charge in [-0.15, -0.1) is 0 Å². The first-order chi connectivity index (χ1) is 8.08. The number of para-hydroxylation sites is 1. The topological polar surface area (TPSA) is 60.7 Å². The van der Waals surface area contributed by atoms with Gasteiger partial charge in [-0.1, -0.05) is 25.1 Å². The summed E-state index contributed by atoms with van der Waals surface area (Å²) >= 11 is 0. The van der Waals surface area contributed by atoms with Crippen molar-refractivity contribution >= 4 is 0 Å². The van der Waals surface area contributed by atoms with Crippen LogP contribution in [0, 0.1) is 0 Å². The molecule has 0 aliphatic rings. The Morgan fingerprint density at radius 3 is 2.06 bits per heavy atom. The summed E-state index contributed by atoms with van der Waals surface area (Å²) < 4.78 is 0. The van der Waals surface area contributed by atoms with Gasteiger partial charge in [-0.2, -0.15) is 0 Å². The van der Waals surface area contributed by atoms with Crippen LogP contribution >= 0.6 is 0 Å². The molecule has 0 heterocycles. The van der Waals surface area contributed by atoms with E-state index in [1.54, 1.807) is 24.3 Å². The third-order valence-electron chi connectivity index (χ3n) is 2.83. The van der Waals surface area contributed by atoms with Crippen LogP contribution < -0.4 is 0 Å². The van der Waals surface area contributed by atoms with Gasteiger partial charge < -0.3 is 15.3 Å². The third-order valence-corrected chi connectivity index (χ3v) is 2.83. The molecule has 2 rings (SSSR count). The van der Waals surface area contributed by atoms with E-state index in [2.05, 4.69) is 0 Å². The van der Waals surface area contributed by atoms with Crippen molar-refractivity contribution in [2.24, 2.45) is 0 Å². The van der Waals surface area contributed by atoms with Gasteiger partial charge >= 0.3 is 0 Å². The molecule has 17 heavy (non-hydrogen) atoms. The Labute approximate surface area is 99.6 Å². The minimum absolute atomic E-state index is 0.0160. The molecular formula is C14H14O3. The number of rotatable bonds is 2. The number of aromatic hydroxyl groups is 3. The maximum absolute atomic E-state index is 9.76. The van der Waals surface area contributed by atoms with Crippen molar-refractivity contribution in [3.8, 4) is 17.2 Å². The summed E-state index contributed by atoms with van der Waals surface area (Å²) in [6.45, 7) is 1.91. The molecule has 0 spiro atoms. The molecule has 0 aliphatic heterocycles. The van der Waals surface area contributed by atoms with E-state index >= 15 is 0 Å². The molecule has 0 saturated heterocycles. The van der Waals surface area contributed by atoms with Gasteiger partial charge in [0, 0.05) is 17.5 Å². The lowest BCUT2D eigenvalue weighted by atomic mass is 9.92. The van der Waals surface area contributed by atoms with Crippen LogP contribution in [0.5, 0.6) is 17.2 Å². The molecule has 0 aromatic heterocycles. The number of phenolic OH excluding ortho intramolecular Hbond substituents is 3. The lowest BCUT2D eigenvalue weighted by molar-refractivity contribution is 0.447. The fraction of sp³-hybridized carbons (Fsp3) is 0.143. The number of hydrogen-bond donors (Lipinski definition) is 3. The second kappa shape index (κ2) is 4.37. The molecular weight excluding hydrogens is 216 g/mol. The van der Waals surface area contributed by atoms with Crippen LogP contribution in [0.1, 0.15) is 24.0 Å². The van der Waals surface area contributed by atoms with E-state index in [1.165, 1.54) is 6.07 Å². The molecule has 1 atom stereocenters.